The van der Waals surface area contributed by atoms with Crippen LogP contribution in [-0.4, -0.2) is 30.8 Å². The molecule has 4 nitrogen and oxygen atoms in total. The van der Waals surface area contributed by atoms with E-state index < -0.39 is 0 Å². The second kappa shape index (κ2) is 6.01. The predicted molar refractivity (Wildman–Crippen MR) is 86.1 cm³/mol. The molecule has 3 aromatic rings. The van der Waals surface area contributed by atoms with Crippen LogP contribution in [0.25, 0.3) is 11.1 Å². The summed E-state index contributed by atoms with van der Waals surface area (Å²) in [6, 6.07) is 15.2. The van der Waals surface area contributed by atoms with Crippen LogP contribution in [0, 0.1) is 5.82 Å². The lowest BCUT2D eigenvalue weighted by Crippen LogP contribution is -2.43. The minimum Gasteiger partial charge on any atom is -0.423 e. The van der Waals surface area contributed by atoms with E-state index in [0.717, 1.165) is 13.0 Å². The Balaban J connectivity index is 1.51. The molecule has 0 saturated carbocycles. The molecular weight excluding hydrogens is 295 g/mol. The van der Waals surface area contributed by atoms with Crippen LogP contribution >= 0.6 is 0 Å². The largest absolute Gasteiger partial charge is 0.423 e. The summed E-state index contributed by atoms with van der Waals surface area (Å²) in [5, 5.41) is 0. The summed E-state index contributed by atoms with van der Waals surface area (Å²) in [6.45, 7) is 2.06. The maximum absolute atomic E-state index is 13.3. The number of hydrogen-bond acceptors (Lipinski definition) is 4. The first-order chi connectivity index (χ1) is 11.3. The topological polar surface area (TPSA) is 38.5 Å². The summed E-state index contributed by atoms with van der Waals surface area (Å²) >= 11 is 0. The van der Waals surface area contributed by atoms with Gasteiger partial charge in [0.25, 0.3) is 6.01 Å². The molecule has 1 saturated heterocycles. The highest BCUT2D eigenvalue weighted by Gasteiger charge is 2.24. The number of benzene rings is 2. The Morgan fingerprint density at radius 1 is 1.17 bits per heavy atom. The Kier molecular flexibility index (Phi) is 3.71. The first-order valence-corrected chi connectivity index (χ1v) is 7.74. The lowest BCUT2D eigenvalue weighted by atomic mass is 10.1. The fourth-order valence-corrected chi connectivity index (χ4v) is 2.92. The van der Waals surface area contributed by atoms with Gasteiger partial charge in [0.2, 0.25) is 0 Å². The molecule has 0 aliphatic carbocycles. The number of ether oxygens (including phenoxy) is 1. The zero-order valence-corrected chi connectivity index (χ0v) is 12.6. The summed E-state index contributed by atoms with van der Waals surface area (Å²) in [6.07, 6.45) is 0.949. The van der Waals surface area contributed by atoms with Gasteiger partial charge in [-0.05, 0) is 17.7 Å². The molecular formula is C18H17FN2O2. The Bertz CT molecular complexity index is 803. The van der Waals surface area contributed by atoms with Crippen LogP contribution in [0.2, 0.25) is 0 Å². The van der Waals surface area contributed by atoms with E-state index in [-0.39, 0.29) is 11.9 Å². The number of aromatic nitrogens is 1. The molecule has 1 atom stereocenters. The van der Waals surface area contributed by atoms with Gasteiger partial charge in [-0.15, -0.1) is 0 Å². The van der Waals surface area contributed by atoms with E-state index in [1.807, 2.05) is 18.2 Å². The van der Waals surface area contributed by atoms with Crippen molar-refractivity contribution in [3.05, 3.63) is 59.9 Å². The maximum atomic E-state index is 13.3. The minimum atomic E-state index is -0.316. The van der Waals surface area contributed by atoms with Gasteiger partial charge < -0.3 is 14.1 Å². The van der Waals surface area contributed by atoms with E-state index in [1.165, 1.54) is 17.7 Å². The van der Waals surface area contributed by atoms with Crippen LogP contribution in [0.15, 0.2) is 52.9 Å². The van der Waals surface area contributed by atoms with Gasteiger partial charge in [-0.1, -0.05) is 30.3 Å². The first kappa shape index (κ1) is 14.2. The summed E-state index contributed by atoms with van der Waals surface area (Å²) in [7, 11) is 0. The van der Waals surface area contributed by atoms with Crippen molar-refractivity contribution in [1.82, 2.24) is 4.98 Å². The van der Waals surface area contributed by atoms with Crippen molar-refractivity contribution in [2.24, 2.45) is 0 Å². The zero-order chi connectivity index (χ0) is 15.6. The summed E-state index contributed by atoms with van der Waals surface area (Å²) in [5.74, 6) is -0.316. The van der Waals surface area contributed by atoms with E-state index in [9.17, 15) is 4.39 Å². The van der Waals surface area contributed by atoms with Crippen LogP contribution in [0.1, 0.15) is 5.56 Å². The van der Waals surface area contributed by atoms with Crippen molar-refractivity contribution in [2.45, 2.75) is 12.5 Å². The van der Waals surface area contributed by atoms with Gasteiger partial charge in [-0.2, -0.15) is 4.98 Å². The number of fused-ring (bicyclic) bond motifs is 1. The average Bonchev–Trinajstić information content (AvgIpc) is 2.99. The quantitative estimate of drug-likeness (QED) is 0.743. The third-order valence-electron chi connectivity index (χ3n) is 4.05. The van der Waals surface area contributed by atoms with Crippen molar-refractivity contribution >= 4 is 17.1 Å². The SMILES string of the molecule is Fc1ccc2nc(N3CCOC(Cc4ccccc4)C3)oc2c1. The third kappa shape index (κ3) is 3.05. The molecule has 2 aromatic carbocycles. The van der Waals surface area contributed by atoms with Crippen LogP contribution in [0.3, 0.4) is 0 Å². The number of halogens is 1. The molecule has 0 amide bonds. The van der Waals surface area contributed by atoms with Crippen molar-refractivity contribution in [3.63, 3.8) is 0 Å². The number of oxazole rings is 1. The molecule has 1 fully saturated rings. The summed E-state index contributed by atoms with van der Waals surface area (Å²) < 4.78 is 24.8. The smallest absolute Gasteiger partial charge is 0.298 e. The number of morpholine rings is 1. The van der Waals surface area contributed by atoms with Crippen LogP contribution in [0.4, 0.5) is 10.4 Å². The highest BCUT2D eigenvalue weighted by atomic mass is 19.1. The van der Waals surface area contributed by atoms with E-state index in [4.69, 9.17) is 9.15 Å². The van der Waals surface area contributed by atoms with Crippen molar-refractivity contribution in [3.8, 4) is 0 Å². The Morgan fingerprint density at radius 3 is 2.91 bits per heavy atom. The first-order valence-electron chi connectivity index (χ1n) is 7.74. The van der Waals surface area contributed by atoms with Crippen molar-refractivity contribution in [2.75, 3.05) is 24.6 Å². The van der Waals surface area contributed by atoms with E-state index in [0.29, 0.717) is 30.3 Å². The summed E-state index contributed by atoms with van der Waals surface area (Å²) in [4.78, 5) is 6.52. The molecule has 1 aromatic heterocycles. The number of anilines is 1. The molecule has 0 N–H and O–H groups in total. The Morgan fingerprint density at radius 2 is 2.04 bits per heavy atom. The van der Waals surface area contributed by atoms with Gasteiger partial charge >= 0.3 is 0 Å². The van der Waals surface area contributed by atoms with Crippen molar-refractivity contribution in [1.29, 1.82) is 0 Å². The van der Waals surface area contributed by atoms with Gasteiger partial charge in [0.05, 0.1) is 12.7 Å². The molecule has 23 heavy (non-hydrogen) atoms. The number of nitrogens with zero attached hydrogens (tertiary/aromatic N) is 2. The Labute approximate surface area is 133 Å². The van der Waals surface area contributed by atoms with Crippen LogP contribution in [0.5, 0.6) is 0 Å². The number of rotatable bonds is 3. The second-order valence-electron chi connectivity index (χ2n) is 5.74. The normalized spacial score (nSPS) is 18.5. The van der Waals surface area contributed by atoms with Gasteiger partial charge in [0.15, 0.2) is 5.58 Å². The van der Waals surface area contributed by atoms with E-state index in [1.54, 1.807) is 6.07 Å². The van der Waals surface area contributed by atoms with E-state index in [2.05, 4.69) is 22.0 Å². The van der Waals surface area contributed by atoms with Gasteiger partial charge in [-0.25, -0.2) is 4.39 Å². The fraction of sp³-hybridized carbons (Fsp3) is 0.278. The van der Waals surface area contributed by atoms with Gasteiger partial charge in [0, 0.05) is 25.6 Å². The highest BCUT2D eigenvalue weighted by Crippen LogP contribution is 2.24. The maximum Gasteiger partial charge on any atom is 0.298 e. The fourth-order valence-electron chi connectivity index (χ4n) is 2.92. The van der Waals surface area contributed by atoms with Crippen LogP contribution < -0.4 is 4.90 Å². The molecule has 0 spiro atoms. The van der Waals surface area contributed by atoms with Crippen molar-refractivity contribution < 1.29 is 13.5 Å². The van der Waals surface area contributed by atoms with Gasteiger partial charge in [0.1, 0.15) is 11.3 Å². The summed E-state index contributed by atoms with van der Waals surface area (Å²) in [5.41, 5.74) is 2.40. The molecule has 4 rings (SSSR count). The third-order valence-corrected chi connectivity index (χ3v) is 4.05. The van der Waals surface area contributed by atoms with E-state index >= 15 is 0 Å². The molecule has 0 bridgehead atoms. The zero-order valence-electron chi connectivity index (χ0n) is 12.6. The molecule has 5 heteroatoms. The monoisotopic (exact) mass is 312 g/mol. The predicted octanol–water partition coefficient (Wildman–Crippen LogP) is 3.41. The minimum absolute atomic E-state index is 0.0953. The lowest BCUT2D eigenvalue weighted by molar-refractivity contribution is 0.0394. The van der Waals surface area contributed by atoms with Crippen LogP contribution in [-0.2, 0) is 11.2 Å². The average molecular weight is 312 g/mol. The Hall–Kier alpha value is -2.40. The second-order valence-corrected chi connectivity index (χ2v) is 5.74. The molecule has 1 aliphatic heterocycles. The molecule has 2 heterocycles. The highest BCUT2D eigenvalue weighted by molar-refractivity contribution is 5.74. The molecule has 1 unspecified atom stereocenters. The molecule has 0 radical (unpaired) electrons. The van der Waals surface area contributed by atoms with Gasteiger partial charge in [-0.3, -0.25) is 0 Å². The standard InChI is InChI=1S/C18H17FN2O2/c19-14-6-7-16-17(11-14)23-18(20-16)21-8-9-22-15(12-21)10-13-4-2-1-3-5-13/h1-7,11,15H,8-10,12H2. The molecule has 118 valence electrons. The number of hydrogen-bond donors (Lipinski definition) is 0. The molecule has 1 aliphatic rings. The lowest BCUT2D eigenvalue weighted by Gasteiger charge is -2.31.